The van der Waals surface area contributed by atoms with E-state index in [9.17, 15) is 9.00 Å². The molecule has 0 aliphatic heterocycles. The number of rotatable bonds is 3. The fourth-order valence-corrected chi connectivity index (χ4v) is 2.64. The van der Waals surface area contributed by atoms with Gasteiger partial charge >= 0.3 is 5.97 Å². The van der Waals surface area contributed by atoms with Crippen LogP contribution in [0.2, 0.25) is 0 Å². The summed E-state index contributed by atoms with van der Waals surface area (Å²) in [6.07, 6.45) is 0. The highest BCUT2D eigenvalue weighted by atomic mass is 32.2. The van der Waals surface area contributed by atoms with Crippen LogP contribution in [0.1, 0.15) is 38.8 Å². The van der Waals surface area contributed by atoms with Gasteiger partial charge < -0.3 is 4.74 Å². The van der Waals surface area contributed by atoms with Crippen LogP contribution in [0.4, 0.5) is 0 Å². The number of hydrogen-bond acceptors (Lipinski definition) is 3. The molecule has 0 heterocycles. The molecule has 0 aliphatic carbocycles. The van der Waals surface area contributed by atoms with Crippen molar-refractivity contribution in [2.45, 2.75) is 57.3 Å². The molecular weight excluding hydrogens is 260 g/mol. The number of ether oxygens (including phenoxy) is 1. The zero-order valence-corrected chi connectivity index (χ0v) is 13.3. The van der Waals surface area contributed by atoms with Crippen LogP contribution in [-0.4, -0.2) is 21.0 Å². The molecule has 0 aromatic heterocycles. The molecule has 106 valence electrons. The number of esters is 1. The number of carbonyl (C=O) groups excluding carboxylic acids is 1. The Kier molecular flexibility index (Phi) is 4.91. The van der Waals surface area contributed by atoms with Crippen molar-refractivity contribution in [3.05, 3.63) is 29.3 Å². The number of carbonyl (C=O) groups is 1. The van der Waals surface area contributed by atoms with Crippen molar-refractivity contribution in [2.24, 2.45) is 0 Å². The van der Waals surface area contributed by atoms with Crippen LogP contribution in [0.25, 0.3) is 0 Å². The van der Waals surface area contributed by atoms with Crippen LogP contribution >= 0.6 is 0 Å². The Morgan fingerprint density at radius 3 is 2.26 bits per heavy atom. The quantitative estimate of drug-likeness (QED) is 0.800. The smallest absolute Gasteiger partial charge is 0.322 e. The molecule has 0 radical (unpaired) electrons. The summed E-state index contributed by atoms with van der Waals surface area (Å²) in [6, 6.07) is 5.59. The molecular formula is C15H22O3S. The summed E-state index contributed by atoms with van der Waals surface area (Å²) in [5.74, 6) is -0.427. The van der Waals surface area contributed by atoms with E-state index in [0.29, 0.717) is 4.90 Å². The summed E-state index contributed by atoms with van der Waals surface area (Å²) in [7, 11) is -1.39. The van der Waals surface area contributed by atoms with Gasteiger partial charge in [0.1, 0.15) is 10.9 Å². The van der Waals surface area contributed by atoms with Crippen LogP contribution in [0.15, 0.2) is 23.1 Å². The van der Waals surface area contributed by atoms with Crippen LogP contribution in [0.3, 0.4) is 0 Å². The molecule has 1 rings (SSSR count). The maximum Gasteiger partial charge on any atom is 0.322 e. The van der Waals surface area contributed by atoms with Crippen molar-refractivity contribution in [1.82, 2.24) is 0 Å². The average Bonchev–Trinajstić information content (AvgIpc) is 2.28. The summed E-state index contributed by atoms with van der Waals surface area (Å²) in [5.41, 5.74) is 1.66. The minimum Gasteiger partial charge on any atom is -0.459 e. The molecule has 3 nitrogen and oxygen atoms in total. The van der Waals surface area contributed by atoms with E-state index in [1.807, 2.05) is 26.0 Å². The second kappa shape index (κ2) is 5.87. The summed E-state index contributed by atoms with van der Waals surface area (Å²) >= 11 is 0. The molecule has 19 heavy (non-hydrogen) atoms. The van der Waals surface area contributed by atoms with Gasteiger partial charge in [-0.05, 0) is 64.8 Å². The fraction of sp³-hybridized carbons (Fsp3) is 0.533. The second-order valence-corrected chi connectivity index (χ2v) is 7.49. The van der Waals surface area contributed by atoms with Gasteiger partial charge in [0, 0.05) is 4.90 Å². The first-order valence-corrected chi connectivity index (χ1v) is 7.54. The summed E-state index contributed by atoms with van der Waals surface area (Å²) in [6.45, 7) is 11.0. The Hall–Kier alpha value is -1.16. The Labute approximate surface area is 117 Å². The van der Waals surface area contributed by atoms with Gasteiger partial charge in [-0.25, -0.2) is 0 Å². The average molecular weight is 282 g/mol. The lowest BCUT2D eigenvalue weighted by molar-refractivity contribution is -0.153. The highest BCUT2D eigenvalue weighted by Crippen LogP contribution is 2.18. The van der Waals surface area contributed by atoms with Crippen molar-refractivity contribution < 1.29 is 13.7 Å². The third kappa shape index (κ3) is 4.46. The third-order valence-electron chi connectivity index (χ3n) is 2.77. The first-order valence-electron chi connectivity index (χ1n) is 6.32. The molecule has 2 unspecified atom stereocenters. The van der Waals surface area contributed by atoms with Gasteiger partial charge in [0.15, 0.2) is 0 Å². The normalized spacial score (nSPS) is 14.8. The molecule has 0 saturated carbocycles. The molecule has 0 saturated heterocycles. The van der Waals surface area contributed by atoms with Crippen molar-refractivity contribution in [2.75, 3.05) is 0 Å². The number of benzene rings is 1. The van der Waals surface area contributed by atoms with E-state index >= 15 is 0 Å². The lowest BCUT2D eigenvalue weighted by atomic mass is 10.1. The highest BCUT2D eigenvalue weighted by Gasteiger charge is 2.27. The second-order valence-electron chi connectivity index (χ2n) is 5.72. The maximum atomic E-state index is 12.3. The summed E-state index contributed by atoms with van der Waals surface area (Å²) < 4.78 is 17.6. The van der Waals surface area contributed by atoms with Gasteiger partial charge in [0.25, 0.3) is 0 Å². The first kappa shape index (κ1) is 15.9. The molecule has 1 aromatic carbocycles. The SMILES string of the molecule is Cc1ccc(S(=O)C(C)C(=O)OC(C)(C)C)cc1C. The Bertz CT molecular complexity index is 501. The Morgan fingerprint density at radius 1 is 1.21 bits per heavy atom. The van der Waals surface area contributed by atoms with Gasteiger partial charge in [0.2, 0.25) is 0 Å². The third-order valence-corrected chi connectivity index (χ3v) is 4.32. The van der Waals surface area contributed by atoms with Crippen molar-refractivity contribution in [3.63, 3.8) is 0 Å². The Morgan fingerprint density at radius 2 is 1.79 bits per heavy atom. The van der Waals surface area contributed by atoms with E-state index in [0.717, 1.165) is 11.1 Å². The fourth-order valence-electron chi connectivity index (χ4n) is 1.52. The first-order chi connectivity index (χ1) is 8.61. The van der Waals surface area contributed by atoms with Gasteiger partial charge in [-0.15, -0.1) is 0 Å². The van der Waals surface area contributed by atoms with E-state index in [2.05, 4.69) is 0 Å². The summed E-state index contributed by atoms with van der Waals surface area (Å²) in [5, 5.41) is -0.665. The van der Waals surface area contributed by atoms with Crippen LogP contribution in [0.5, 0.6) is 0 Å². The summed E-state index contributed by atoms with van der Waals surface area (Å²) in [4.78, 5) is 12.6. The molecule has 4 heteroatoms. The van der Waals surface area contributed by atoms with E-state index in [4.69, 9.17) is 4.74 Å². The molecule has 1 aromatic rings. The molecule has 0 N–H and O–H groups in total. The standard InChI is InChI=1S/C15H22O3S/c1-10-7-8-13(9-11(10)2)19(17)12(3)14(16)18-15(4,5)6/h7-9,12H,1-6H3. The molecule has 0 bridgehead atoms. The lowest BCUT2D eigenvalue weighted by Crippen LogP contribution is -2.32. The number of aryl methyl sites for hydroxylation is 2. The zero-order valence-electron chi connectivity index (χ0n) is 12.4. The van der Waals surface area contributed by atoms with Crippen LogP contribution in [-0.2, 0) is 20.3 Å². The lowest BCUT2D eigenvalue weighted by Gasteiger charge is -2.22. The van der Waals surface area contributed by atoms with Crippen LogP contribution < -0.4 is 0 Å². The molecule has 2 atom stereocenters. The zero-order chi connectivity index (χ0) is 14.8. The van der Waals surface area contributed by atoms with Gasteiger partial charge in [-0.3, -0.25) is 9.00 Å². The molecule has 0 spiro atoms. The van der Waals surface area contributed by atoms with E-state index in [-0.39, 0.29) is 0 Å². The van der Waals surface area contributed by atoms with Gasteiger partial charge in [0.05, 0.1) is 10.8 Å². The van der Waals surface area contributed by atoms with Crippen molar-refractivity contribution in [1.29, 1.82) is 0 Å². The van der Waals surface area contributed by atoms with Crippen LogP contribution in [0, 0.1) is 13.8 Å². The van der Waals surface area contributed by atoms with Crippen molar-refractivity contribution >= 4 is 16.8 Å². The minimum absolute atomic E-state index is 0.427. The molecule has 0 aliphatic rings. The monoisotopic (exact) mass is 282 g/mol. The largest absolute Gasteiger partial charge is 0.459 e. The Balaban J connectivity index is 2.87. The molecule has 0 amide bonds. The van der Waals surface area contributed by atoms with E-state index < -0.39 is 27.6 Å². The topological polar surface area (TPSA) is 43.4 Å². The highest BCUT2D eigenvalue weighted by molar-refractivity contribution is 7.86. The van der Waals surface area contributed by atoms with E-state index in [1.165, 1.54) is 0 Å². The van der Waals surface area contributed by atoms with Crippen molar-refractivity contribution in [3.8, 4) is 0 Å². The maximum absolute atomic E-state index is 12.3. The van der Waals surface area contributed by atoms with E-state index in [1.54, 1.807) is 33.8 Å². The predicted molar refractivity (Wildman–Crippen MR) is 77.6 cm³/mol. The molecule has 0 fully saturated rings. The minimum atomic E-state index is -1.39. The predicted octanol–water partition coefficient (Wildman–Crippen LogP) is 3.14. The van der Waals surface area contributed by atoms with Gasteiger partial charge in [-0.1, -0.05) is 6.07 Å². The number of hydrogen-bond donors (Lipinski definition) is 0. The van der Waals surface area contributed by atoms with Gasteiger partial charge in [-0.2, -0.15) is 0 Å².